The van der Waals surface area contributed by atoms with E-state index in [1.165, 1.54) is 13.8 Å². The van der Waals surface area contributed by atoms with E-state index in [9.17, 15) is 19.5 Å². The summed E-state index contributed by atoms with van der Waals surface area (Å²) >= 11 is 7.02. The highest BCUT2D eigenvalue weighted by Gasteiger charge is 2.78. The standard InChI is InChI=1S/C37H51ClO10Si/c1-10-49(11-2,12-3)48-26-18-27-36(20-44-27,47-23(6)40)30-32(46-33(42)24-16-14-13-15-17-24)37(43)19-25(38)21(4)28(34(37,7)8)29(45-22(5)39)31(41)35(26,30)9/h13-17,25-27,29-30,32,43H,10-12,18-20H2,1-9H3/t25-,26+,27-,29-,30+,32+,35-,36+,37-/m1/s1. The van der Waals surface area contributed by atoms with E-state index < -0.39 is 89.8 Å². The highest BCUT2D eigenvalue weighted by molar-refractivity contribution is 6.73. The van der Waals surface area contributed by atoms with Crippen molar-refractivity contribution in [3.8, 4) is 0 Å². The van der Waals surface area contributed by atoms with Crippen molar-refractivity contribution in [3.05, 3.63) is 47.0 Å². The number of allylic oxidation sites excluding steroid dienone is 1. The van der Waals surface area contributed by atoms with E-state index in [0.29, 0.717) is 11.1 Å². The first-order valence-corrected chi connectivity index (χ1v) is 20.4. The zero-order valence-corrected chi connectivity index (χ0v) is 31.8. The summed E-state index contributed by atoms with van der Waals surface area (Å²) in [6.07, 6.45) is -4.32. The van der Waals surface area contributed by atoms with Gasteiger partial charge in [0.05, 0.1) is 35.0 Å². The number of ketones is 1. The molecule has 1 aliphatic heterocycles. The number of hydrogen-bond donors (Lipinski definition) is 1. The maximum atomic E-state index is 15.7. The molecule has 1 saturated heterocycles. The molecule has 0 spiro atoms. The number of ether oxygens (including phenoxy) is 4. The van der Waals surface area contributed by atoms with E-state index in [-0.39, 0.29) is 25.0 Å². The fourth-order valence-corrected chi connectivity index (χ4v) is 12.6. The number of esters is 3. The number of rotatable bonds is 9. The van der Waals surface area contributed by atoms with Crippen LogP contribution in [0.4, 0.5) is 0 Å². The van der Waals surface area contributed by atoms with Crippen LogP contribution in [0.3, 0.4) is 0 Å². The summed E-state index contributed by atoms with van der Waals surface area (Å²) in [5.41, 5.74) is -5.20. The molecule has 12 heteroatoms. The number of carbonyl (C=O) groups excluding carboxylic acids is 4. The molecule has 270 valence electrons. The van der Waals surface area contributed by atoms with Gasteiger partial charge in [0, 0.05) is 32.1 Å². The Hall–Kier alpha value is -2.57. The molecule has 1 N–H and O–H groups in total. The first-order chi connectivity index (χ1) is 22.9. The van der Waals surface area contributed by atoms with Crippen molar-refractivity contribution in [2.45, 2.75) is 134 Å². The third kappa shape index (κ3) is 5.72. The van der Waals surface area contributed by atoms with E-state index in [1.54, 1.807) is 58.0 Å². The molecule has 0 radical (unpaired) electrons. The van der Waals surface area contributed by atoms with Crippen molar-refractivity contribution in [1.29, 1.82) is 0 Å². The molecular formula is C37H51ClO10Si. The number of carbonyl (C=O) groups is 4. The van der Waals surface area contributed by atoms with Gasteiger partial charge in [-0.2, -0.15) is 0 Å². The Morgan fingerprint density at radius 3 is 2.12 bits per heavy atom. The third-order valence-electron chi connectivity index (χ3n) is 12.5. The number of halogens is 1. The molecule has 49 heavy (non-hydrogen) atoms. The van der Waals surface area contributed by atoms with Crippen molar-refractivity contribution in [1.82, 2.24) is 0 Å². The molecule has 9 atom stereocenters. The van der Waals surface area contributed by atoms with Crippen molar-refractivity contribution in [2.24, 2.45) is 16.7 Å². The van der Waals surface area contributed by atoms with Crippen LogP contribution < -0.4 is 0 Å². The van der Waals surface area contributed by atoms with Crippen LogP contribution in [0.5, 0.6) is 0 Å². The predicted molar refractivity (Wildman–Crippen MR) is 184 cm³/mol. The monoisotopic (exact) mass is 718 g/mol. The second-order valence-electron chi connectivity index (χ2n) is 15.1. The molecule has 0 amide bonds. The maximum Gasteiger partial charge on any atom is 0.338 e. The van der Waals surface area contributed by atoms with Gasteiger partial charge in [-0.1, -0.05) is 58.4 Å². The van der Waals surface area contributed by atoms with Gasteiger partial charge in [-0.05, 0) is 49.7 Å². The van der Waals surface area contributed by atoms with Gasteiger partial charge >= 0.3 is 17.9 Å². The lowest BCUT2D eigenvalue weighted by Crippen LogP contribution is -2.82. The van der Waals surface area contributed by atoms with Gasteiger partial charge in [0.25, 0.3) is 0 Å². The van der Waals surface area contributed by atoms with E-state index in [4.69, 9.17) is 35.0 Å². The Labute approximate surface area is 295 Å². The van der Waals surface area contributed by atoms with E-state index in [0.717, 1.165) is 18.1 Å². The molecular weight excluding hydrogens is 668 g/mol. The summed E-state index contributed by atoms with van der Waals surface area (Å²) in [4.78, 5) is 55.6. The largest absolute Gasteiger partial charge is 0.455 e. The molecule has 5 rings (SSSR count). The van der Waals surface area contributed by atoms with Gasteiger partial charge in [0.15, 0.2) is 25.8 Å². The zero-order valence-electron chi connectivity index (χ0n) is 30.1. The molecule has 0 unspecified atom stereocenters. The van der Waals surface area contributed by atoms with Crippen LogP contribution in [0.15, 0.2) is 41.5 Å². The Kier molecular flexibility index (Phi) is 10.1. The van der Waals surface area contributed by atoms with Crippen molar-refractivity contribution in [2.75, 3.05) is 6.61 Å². The molecule has 3 aliphatic carbocycles. The summed E-state index contributed by atoms with van der Waals surface area (Å²) < 4.78 is 32.1. The molecule has 2 bridgehead atoms. The Balaban J connectivity index is 1.88. The molecule has 2 saturated carbocycles. The number of fused-ring (bicyclic) bond motifs is 5. The van der Waals surface area contributed by atoms with Gasteiger partial charge in [0.2, 0.25) is 0 Å². The minimum absolute atomic E-state index is 0.0675. The van der Waals surface area contributed by atoms with Crippen LogP contribution >= 0.6 is 11.6 Å². The van der Waals surface area contributed by atoms with Crippen molar-refractivity contribution in [3.63, 3.8) is 0 Å². The summed E-state index contributed by atoms with van der Waals surface area (Å²) in [6, 6.07) is 10.7. The van der Waals surface area contributed by atoms with Crippen molar-refractivity contribution >= 4 is 43.6 Å². The normalized spacial score (nSPS) is 36.7. The summed E-state index contributed by atoms with van der Waals surface area (Å²) in [5.74, 6) is -3.70. The van der Waals surface area contributed by atoms with Gasteiger partial charge in [0.1, 0.15) is 17.8 Å². The second-order valence-corrected chi connectivity index (χ2v) is 20.3. The maximum absolute atomic E-state index is 15.7. The fourth-order valence-electron chi connectivity index (χ4n) is 9.32. The van der Waals surface area contributed by atoms with Crippen LogP contribution in [0, 0.1) is 16.7 Å². The first kappa shape index (κ1) is 37.7. The lowest BCUT2D eigenvalue weighted by atomic mass is 9.45. The topological polar surface area (TPSA) is 135 Å². The average Bonchev–Trinajstić information content (AvgIpc) is 3.04. The SMILES string of the molecule is CC[Si](CC)(CC)O[C@H]1C[C@H]2OC[C@@]2(OC(C)=O)[C@H]2[C@H](OC(=O)c3ccccc3)[C@]3(O)C[C@@H](Cl)C(C)=C([C@@H](OC(C)=O)C(=O)[C@]12C)C3(C)C. The van der Waals surface area contributed by atoms with E-state index in [2.05, 4.69) is 20.8 Å². The highest BCUT2D eigenvalue weighted by atomic mass is 35.5. The molecule has 3 fully saturated rings. The van der Waals surface area contributed by atoms with Gasteiger partial charge in [-0.15, -0.1) is 11.6 Å². The number of hydrogen-bond acceptors (Lipinski definition) is 10. The smallest absolute Gasteiger partial charge is 0.338 e. The third-order valence-corrected chi connectivity index (χ3v) is 17.6. The molecule has 0 aromatic heterocycles. The minimum Gasteiger partial charge on any atom is -0.455 e. The number of Topliss-reactive ketones (excluding diaryl/α,β-unsaturated/α-hetero) is 1. The lowest BCUT2D eigenvalue weighted by molar-refractivity contribution is -0.343. The van der Waals surface area contributed by atoms with Gasteiger partial charge < -0.3 is 28.5 Å². The molecule has 1 heterocycles. The lowest BCUT2D eigenvalue weighted by Gasteiger charge is -2.68. The summed E-state index contributed by atoms with van der Waals surface area (Å²) in [5, 5.41) is 12.5. The van der Waals surface area contributed by atoms with Gasteiger partial charge in [-0.25, -0.2) is 4.79 Å². The predicted octanol–water partition coefficient (Wildman–Crippen LogP) is 5.93. The van der Waals surface area contributed by atoms with Crippen molar-refractivity contribution < 1.29 is 47.7 Å². The average molecular weight is 719 g/mol. The minimum atomic E-state index is -2.46. The molecule has 1 aromatic rings. The van der Waals surface area contributed by atoms with Crippen LogP contribution in [0.2, 0.25) is 18.1 Å². The summed E-state index contributed by atoms with van der Waals surface area (Å²) in [6.45, 7) is 15.7. The molecule has 1 aromatic carbocycles. The zero-order chi connectivity index (χ0) is 36.3. The number of alkyl halides is 1. The fraction of sp³-hybridized carbons (Fsp3) is 0.676. The first-order valence-electron chi connectivity index (χ1n) is 17.4. The highest BCUT2D eigenvalue weighted by Crippen LogP contribution is 2.65. The Morgan fingerprint density at radius 1 is 1.00 bits per heavy atom. The Bertz CT molecular complexity index is 1520. The summed E-state index contributed by atoms with van der Waals surface area (Å²) in [7, 11) is -2.46. The van der Waals surface area contributed by atoms with E-state index >= 15 is 4.79 Å². The molecule has 4 aliphatic rings. The Morgan fingerprint density at radius 2 is 1.61 bits per heavy atom. The van der Waals surface area contributed by atoms with Crippen LogP contribution in [-0.2, 0) is 37.8 Å². The molecule has 10 nitrogen and oxygen atoms in total. The van der Waals surface area contributed by atoms with Crippen LogP contribution in [0.25, 0.3) is 0 Å². The second kappa shape index (κ2) is 13.2. The van der Waals surface area contributed by atoms with Crippen LogP contribution in [-0.4, -0.2) is 84.7 Å². The number of aliphatic hydroxyl groups is 1. The van der Waals surface area contributed by atoms with E-state index in [1.807, 2.05) is 0 Å². The van der Waals surface area contributed by atoms with Crippen LogP contribution in [0.1, 0.15) is 85.5 Å². The van der Waals surface area contributed by atoms with Gasteiger partial charge in [-0.3, -0.25) is 14.4 Å². The number of benzene rings is 1. The quantitative estimate of drug-likeness (QED) is 0.108.